The van der Waals surface area contributed by atoms with Crippen LogP contribution in [0.3, 0.4) is 0 Å². The Labute approximate surface area is 84.6 Å². The first-order chi connectivity index (χ1) is 6.07. The summed E-state index contributed by atoms with van der Waals surface area (Å²) in [7, 11) is -3.51. The van der Waals surface area contributed by atoms with E-state index in [1.54, 1.807) is 13.8 Å². The molecule has 0 saturated heterocycles. The zero-order valence-corrected chi connectivity index (χ0v) is 9.68. The van der Waals surface area contributed by atoms with E-state index < -0.39 is 21.5 Å². The van der Waals surface area contributed by atoms with Gasteiger partial charge >= 0.3 is 5.97 Å². The van der Waals surface area contributed by atoms with Crippen molar-refractivity contribution >= 4 is 16.0 Å². The summed E-state index contributed by atoms with van der Waals surface area (Å²) in [5.41, 5.74) is -1.45. The van der Waals surface area contributed by atoms with E-state index in [0.29, 0.717) is 0 Å². The van der Waals surface area contributed by atoms with Gasteiger partial charge in [-0.1, -0.05) is 13.8 Å². The minimum Gasteiger partial charge on any atom is -0.480 e. The fourth-order valence-electron chi connectivity index (χ4n) is 0.913. The number of nitrogens with one attached hydrogen (secondary N) is 1. The zero-order chi connectivity index (χ0) is 11.6. The summed E-state index contributed by atoms with van der Waals surface area (Å²) in [6.07, 6.45) is 0. The summed E-state index contributed by atoms with van der Waals surface area (Å²) in [5.74, 6) is -1.29. The van der Waals surface area contributed by atoms with Crippen LogP contribution in [0.2, 0.25) is 0 Å². The van der Waals surface area contributed by atoms with Gasteiger partial charge in [0.15, 0.2) is 0 Å². The Kier molecular flexibility index (Phi) is 4.08. The fraction of sp³-hybridized carbons (Fsp3) is 0.875. The van der Waals surface area contributed by atoms with Crippen LogP contribution in [0, 0.1) is 5.92 Å². The molecule has 0 aromatic carbocycles. The highest BCUT2D eigenvalue weighted by molar-refractivity contribution is 7.89. The van der Waals surface area contributed by atoms with Crippen LogP contribution in [-0.4, -0.2) is 30.8 Å². The number of rotatable bonds is 5. The summed E-state index contributed by atoms with van der Waals surface area (Å²) >= 11 is 0. The molecule has 0 fully saturated rings. The van der Waals surface area contributed by atoms with E-state index in [4.69, 9.17) is 5.11 Å². The van der Waals surface area contributed by atoms with Crippen LogP contribution in [0.5, 0.6) is 0 Å². The number of hydrogen-bond donors (Lipinski definition) is 2. The average Bonchev–Trinajstić information content (AvgIpc) is 1.79. The number of aliphatic carboxylic acids is 1. The molecule has 0 aliphatic heterocycles. The lowest BCUT2D eigenvalue weighted by atomic mass is 10.1. The number of carbonyl (C=O) groups is 1. The van der Waals surface area contributed by atoms with Gasteiger partial charge in [-0.15, -0.1) is 0 Å². The van der Waals surface area contributed by atoms with E-state index in [1.165, 1.54) is 13.8 Å². The predicted molar refractivity (Wildman–Crippen MR) is 53.5 cm³/mol. The van der Waals surface area contributed by atoms with Gasteiger partial charge < -0.3 is 5.11 Å². The molecule has 0 aliphatic carbocycles. The monoisotopic (exact) mass is 223 g/mol. The molecule has 0 unspecified atom stereocenters. The van der Waals surface area contributed by atoms with Crippen molar-refractivity contribution in [2.45, 2.75) is 33.2 Å². The van der Waals surface area contributed by atoms with Crippen LogP contribution in [-0.2, 0) is 14.8 Å². The topological polar surface area (TPSA) is 83.5 Å². The normalized spacial score (nSPS) is 13.2. The Morgan fingerprint density at radius 3 is 2.14 bits per heavy atom. The molecular weight excluding hydrogens is 206 g/mol. The maximum absolute atomic E-state index is 11.4. The highest BCUT2D eigenvalue weighted by Gasteiger charge is 2.32. The molecule has 14 heavy (non-hydrogen) atoms. The van der Waals surface area contributed by atoms with E-state index in [1.807, 2.05) is 0 Å². The lowest BCUT2D eigenvalue weighted by Crippen LogP contribution is -2.50. The van der Waals surface area contributed by atoms with Crippen molar-refractivity contribution in [3.8, 4) is 0 Å². The Morgan fingerprint density at radius 1 is 1.43 bits per heavy atom. The second-order valence-electron chi connectivity index (χ2n) is 4.21. The Morgan fingerprint density at radius 2 is 1.86 bits per heavy atom. The summed E-state index contributed by atoms with van der Waals surface area (Å²) in [4.78, 5) is 10.7. The largest absolute Gasteiger partial charge is 0.480 e. The van der Waals surface area contributed by atoms with Crippen LogP contribution in [0.4, 0.5) is 0 Å². The van der Waals surface area contributed by atoms with Gasteiger partial charge in [0.2, 0.25) is 10.0 Å². The minimum atomic E-state index is -3.51. The summed E-state index contributed by atoms with van der Waals surface area (Å²) < 4.78 is 24.9. The van der Waals surface area contributed by atoms with Crippen molar-refractivity contribution < 1.29 is 18.3 Å². The van der Waals surface area contributed by atoms with E-state index >= 15 is 0 Å². The van der Waals surface area contributed by atoms with Gasteiger partial charge in [-0.25, -0.2) is 8.42 Å². The maximum atomic E-state index is 11.4. The smallest absolute Gasteiger partial charge is 0.324 e. The molecule has 84 valence electrons. The second-order valence-corrected chi connectivity index (χ2v) is 5.97. The van der Waals surface area contributed by atoms with Crippen LogP contribution >= 0.6 is 0 Å². The van der Waals surface area contributed by atoms with E-state index in [9.17, 15) is 13.2 Å². The first kappa shape index (κ1) is 13.4. The molecule has 0 saturated carbocycles. The molecule has 0 spiro atoms. The molecule has 0 heterocycles. The lowest BCUT2D eigenvalue weighted by Gasteiger charge is -2.21. The van der Waals surface area contributed by atoms with Crippen LogP contribution < -0.4 is 4.72 Å². The molecule has 0 aromatic rings. The summed E-state index contributed by atoms with van der Waals surface area (Å²) in [6.45, 7) is 6.14. The fourth-order valence-corrected chi connectivity index (χ4v) is 2.74. The molecule has 0 radical (unpaired) electrons. The highest BCUT2D eigenvalue weighted by Crippen LogP contribution is 2.07. The minimum absolute atomic E-state index is 0.0305. The molecule has 2 N–H and O–H groups in total. The van der Waals surface area contributed by atoms with Crippen molar-refractivity contribution in [3.63, 3.8) is 0 Å². The zero-order valence-electron chi connectivity index (χ0n) is 8.86. The molecule has 0 atom stereocenters. The first-order valence-electron chi connectivity index (χ1n) is 4.32. The molecular formula is C8H17NO4S. The Hall–Kier alpha value is -0.620. The van der Waals surface area contributed by atoms with Crippen molar-refractivity contribution in [1.82, 2.24) is 4.72 Å². The van der Waals surface area contributed by atoms with Crippen molar-refractivity contribution in [3.05, 3.63) is 0 Å². The van der Waals surface area contributed by atoms with Gasteiger partial charge in [0, 0.05) is 0 Å². The molecule has 0 aromatic heterocycles. The van der Waals surface area contributed by atoms with Gasteiger partial charge in [0.1, 0.15) is 5.54 Å². The predicted octanol–water partition coefficient (Wildman–Crippen LogP) is 0.425. The van der Waals surface area contributed by atoms with Crippen molar-refractivity contribution in [1.29, 1.82) is 0 Å². The highest BCUT2D eigenvalue weighted by atomic mass is 32.2. The third-order valence-corrected chi connectivity index (χ3v) is 3.42. The van der Waals surface area contributed by atoms with Gasteiger partial charge in [0.25, 0.3) is 0 Å². The summed E-state index contributed by atoms with van der Waals surface area (Å²) in [5, 5.41) is 8.71. The standard InChI is InChI=1S/C8H17NO4S/c1-6(2)5-14(12,13)9-8(3,4)7(10)11/h6,9H,5H2,1-4H3,(H,10,11). The van der Waals surface area contributed by atoms with Gasteiger partial charge in [-0.2, -0.15) is 4.72 Å². The lowest BCUT2D eigenvalue weighted by molar-refractivity contribution is -0.142. The Balaban J connectivity index is 4.60. The van der Waals surface area contributed by atoms with E-state index in [0.717, 1.165) is 0 Å². The Bertz CT molecular complexity index is 305. The van der Waals surface area contributed by atoms with E-state index in [2.05, 4.69) is 4.72 Å². The third kappa shape index (κ3) is 4.57. The van der Waals surface area contributed by atoms with Crippen LogP contribution in [0.15, 0.2) is 0 Å². The average molecular weight is 223 g/mol. The van der Waals surface area contributed by atoms with Crippen LogP contribution in [0.25, 0.3) is 0 Å². The molecule has 6 heteroatoms. The number of carboxylic acid groups (broad SMARTS) is 1. The van der Waals surface area contributed by atoms with Crippen LogP contribution in [0.1, 0.15) is 27.7 Å². The maximum Gasteiger partial charge on any atom is 0.324 e. The third-order valence-electron chi connectivity index (χ3n) is 1.50. The van der Waals surface area contributed by atoms with Gasteiger partial charge in [0.05, 0.1) is 5.75 Å². The van der Waals surface area contributed by atoms with Crippen molar-refractivity contribution in [2.24, 2.45) is 5.92 Å². The van der Waals surface area contributed by atoms with Gasteiger partial charge in [-0.05, 0) is 19.8 Å². The quantitative estimate of drug-likeness (QED) is 0.707. The molecule has 0 amide bonds. The number of hydrogen-bond acceptors (Lipinski definition) is 3. The molecule has 0 aliphatic rings. The van der Waals surface area contributed by atoms with Gasteiger partial charge in [-0.3, -0.25) is 4.79 Å². The number of carboxylic acids is 1. The first-order valence-corrected chi connectivity index (χ1v) is 5.97. The molecule has 5 nitrogen and oxygen atoms in total. The van der Waals surface area contributed by atoms with Crippen molar-refractivity contribution in [2.75, 3.05) is 5.75 Å². The van der Waals surface area contributed by atoms with E-state index in [-0.39, 0.29) is 11.7 Å². The SMILES string of the molecule is CC(C)CS(=O)(=O)NC(C)(C)C(=O)O. The summed E-state index contributed by atoms with van der Waals surface area (Å²) in [6, 6.07) is 0. The molecule has 0 rings (SSSR count). The number of sulfonamides is 1. The second kappa shape index (κ2) is 4.27. The molecule has 0 bridgehead atoms.